The van der Waals surface area contributed by atoms with E-state index >= 15 is 0 Å². The molecular formula is C13H13N3O2. The first kappa shape index (κ1) is 13.6. The van der Waals surface area contributed by atoms with Gasteiger partial charge in [-0.05, 0) is 29.6 Å². The van der Waals surface area contributed by atoms with Crippen molar-refractivity contribution in [2.24, 2.45) is 5.11 Å². The van der Waals surface area contributed by atoms with Crippen LogP contribution < -0.4 is 0 Å². The van der Waals surface area contributed by atoms with Crippen molar-refractivity contribution in [1.29, 1.82) is 0 Å². The fraction of sp³-hybridized carbons (Fsp3) is 0.308. The second-order valence-corrected chi connectivity index (χ2v) is 3.60. The minimum atomic E-state index is -0.805. The number of carboxylic acid groups (broad SMARTS) is 1. The number of aliphatic carboxylic acids is 1. The van der Waals surface area contributed by atoms with E-state index in [0.29, 0.717) is 19.4 Å². The van der Waals surface area contributed by atoms with Gasteiger partial charge in [0.15, 0.2) is 0 Å². The van der Waals surface area contributed by atoms with Gasteiger partial charge in [0.05, 0.1) is 0 Å². The number of carboxylic acids is 1. The van der Waals surface area contributed by atoms with Gasteiger partial charge >= 0.3 is 5.97 Å². The van der Waals surface area contributed by atoms with Gasteiger partial charge < -0.3 is 5.11 Å². The largest absolute Gasteiger partial charge is 0.481 e. The van der Waals surface area contributed by atoms with Crippen molar-refractivity contribution >= 4 is 5.97 Å². The third-order valence-corrected chi connectivity index (χ3v) is 2.19. The Morgan fingerprint density at radius 2 is 2.33 bits per heavy atom. The second kappa shape index (κ2) is 7.77. The predicted octanol–water partition coefficient (Wildman–Crippen LogP) is 2.76. The van der Waals surface area contributed by atoms with Crippen molar-refractivity contribution in [3.8, 4) is 11.8 Å². The van der Waals surface area contributed by atoms with Crippen LogP contribution in [0.2, 0.25) is 0 Å². The molecule has 1 aromatic rings. The lowest BCUT2D eigenvalue weighted by molar-refractivity contribution is -0.136. The van der Waals surface area contributed by atoms with E-state index in [1.54, 1.807) is 0 Å². The lowest BCUT2D eigenvalue weighted by Crippen LogP contribution is -1.97. The van der Waals surface area contributed by atoms with Crippen molar-refractivity contribution in [1.82, 2.24) is 0 Å². The Morgan fingerprint density at radius 3 is 3.06 bits per heavy atom. The standard InChI is InChI=1S/C13H13N3O2/c14-16-15-9-2-1-4-11-5-3-6-12(10-11)7-8-13(17)18/h3,5-6,10H,2,7-9H2,(H,17,18). The molecule has 1 aromatic carbocycles. The summed E-state index contributed by atoms with van der Waals surface area (Å²) in [4.78, 5) is 13.1. The lowest BCUT2D eigenvalue weighted by atomic mass is 10.1. The van der Waals surface area contributed by atoms with Crippen molar-refractivity contribution in [3.63, 3.8) is 0 Å². The third kappa shape index (κ3) is 5.59. The number of azide groups is 1. The molecule has 0 saturated heterocycles. The SMILES string of the molecule is [N-]=[N+]=NCCC#Cc1cccc(CCC(=O)O)c1. The maximum atomic E-state index is 10.5. The minimum Gasteiger partial charge on any atom is -0.481 e. The molecule has 0 spiro atoms. The molecule has 0 atom stereocenters. The molecular weight excluding hydrogens is 230 g/mol. The van der Waals surface area contributed by atoms with E-state index in [1.807, 2.05) is 24.3 Å². The van der Waals surface area contributed by atoms with Crippen LogP contribution in [0.5, 0.6) is 0 Å². The lowest BCUT2D eigenvalue weighted by Gasteiger charge is -1.99. The molecule has 1 N–H and O–H groups in total. The molecule has 0 fully saturated rings. The highest BCUT2D eigenvalue weighted by molar-refractivity contribution is 5.67. The Hall–Kier alpha value is -2.44. The van der Waals surface area contributed by atoms with Gasteiger partial charge in [-0.25, -0.2) is 0 Å². The van der Waals surface area contributed by atoms with E-state index in [2.05, 4.69) is 21.9 Å². The van der Waals surface area contributed by atoms with Crippen LogP contribution in [0.4, 0.5) is 0 Å². The van der Waals surface area contributed by atoms with Crippen molar-refractivity contribution < 1.29 is 9.90 Å². The summed E-state index contributed by atoms with van der Waals surface area (Å²) in [5.74, 6) is 5.04. The highest BCUT2D eigenvalue weighted by Gasteiger charge is 1.99. The van der Waals surface area contributed by atoms with Crippen LogP contribution in [0.1, 0.15) is 24.0 Å². The fourth-order valence-electron chi connectivity index (χ4n) is 1.37. The second-order valence-electron chi connectivity index (χ2n) is 3.60. The number of benzene rings is 1. The summed E-state index contributed by atoms with van der Waals surface area (Å²) < 4.78 is 0. The van der Waals surface area contributed by atoms with Crippen LogP contribution in [0.3, 0.4) is 0 Å². The molecule has 0 radical (unpaired) electrons. The maximum absolute atomic E-state index is 10.5. The molecule has 0 saturated carbocycles. The van der Waals surface area contributed by atoms with Gasteiger partial charge in [0, 0.05) is 29.9 Å². The zero-order valence-electron chi connectivity index (χ0n) is 9.83. The average Bonchev–Trinajstić information content (AvgIpc) is 2.37. The molecule has 0 aromatic heterocycles. The molecule has 0 aliphatic rings. The molecule has 0 unspecified atom stereocenters. The first-order valence-electron chi connectivity index (χ1n) is 5.53. The van der Waals surface area contributed by atoms with Crippen LogP contribution in [-0.2, 0) is 11.2 Å². The minimum absolute atomic E-state index is 0.119. The Kier molecular flexibility index (Phi) is 5.88. The molecule has 0 amide bonds. The van der Waals surface area contributed by atoms with E-state index in [-0.39, 0.29) is 6.42 Å². The van der Waals surface area contributed by atoms with Crippen LogP contribution in [0.25, 0.3) is 10.4 Å². The van der Waals surface area contributed by atoms with Crippen molar-refractivity contribution in [2.45, 2.75) is 19.3 Å². The van der Waals surface area contributed by atoms with Crippen molar-refractivity contribution in [3.05, 3.63) is 45.8 Å². The van der Waals surface area contributed by atoms with E-state index in [0.717, 1.165) is 11.1 Å². The van der Waals surface area contributed by atoms with Gasteiger partial charge in [-0.2, -0.15) is 0 Å². The van der Waals surface area contributed by atoms with Crippen molar-refractivity contribution in [2.75, 3.05) is 6.54 Å². The summed E-state index contributed by atoms with van der Waals surface area (Å²) in [7, 11) is 0. The number of nitrogens with zero attached hydrogens (tertiary/aromatic N) is 3. The molecule has 1 rings (SSSR count). The molecule has 0 aliphatic heterocycles. The molecule has 5 heteroatoms. The Labute approximate surface area is 105 Å². The molecule has 5 nitrogen and oxygen atoms in total. The van der Waals surface area contributed by atoms with Gasteiger partial charge in [-0.3, -0.25) is 4.79 Å². The first-order valence-corrected chi connectivity index (χ1v) is 5.53. The number of rotatable bonds is 5. The van der Waals surface area contributed by atoms with E-state index in [4.69, 9.17) is 10.6 Å². The van der Waals surface area contributed by atoms with Gasteiger partial charge in [-0.1, -0.05) is 29.1 Å². The summed E-state index contributed by atoms with van der Waals surface area (Å²) in [5.41, 5.74) is 9.89. The quantitative estimate of drug-likeness (QED) is 0.283. The first-order chi connectivity index (χ1) is 8.72. The maximum Gasteiger partial charge on any atom is 0.303 e. The van der Waals surface area contributed by atoms with E-state index < -0.39 is 5.97 Å². The topological polar surface area (TPSA) is 86.1 Å². The Morgan fingerprint density at radius 1 is 1.50 bits per heavy atom. The molecule has 0 heterocycles. The van der Waals surface area contributed by atoms with Crippen LogP contribution in [-0.4, -0.2) is 17.6 Å². The van der Waals surface area contributed by atoms with E-state index in [9.17, 15) is 4.79 Å². The average molecular weight is 243 g/mol. The van der Waals surface area contributed by atoms with E-state index in [1.165, 1.54) is 0 Å². The predicted molar refractivity (Wildman–Crippen MR) is 67.9 cm³/mol. The zero-order valence-corrected chi connectivity index (χ0v) is 9.83. The Bertz CT molecular complexity index is 523. The van der Waals surface area contributed by atoms with Gasteiger partial charge in [0.2, 0.25) is 0 Å². The number of carbonyl (C=O) groups is 1. The molecule has 0 bridgehead atoms. The smallest absolute Gasteiger partial charge is 0.303 e. The number of hydrogen-bond donors (Lipinski definition) is 1. The molecule has 92 valence electrons. The highest BCUT2D eigenvalue weighted by atomic mass is 16.4. The molecule has 18 heavy (non-hydrogen) atoms. The number of hydrogen-bond acceptors (Lipinski definition) is 2. The monoisotopic (exact) mass is 243 g/mol. The molecule has 0 aliphatic carbocycles. The zero-order chi connectivity index (χ0) is 13.2. The highest BCUT2D eigenvalue weighted by Crippen LogP contribution is 2.06. The summed E-state index contributed by atoms with van der Waals surface area (Å²) in [6, 6.07) is 7.48. The summed E-state index contributed by atoms with van der Waals surface area (Å²) >= 11 is 0. The van der Waals surface area contributed by atoms with Gasteiger partial charge in [0.25, 0.3) is 0 Å². The third-order valence-electron chi connectivity index (χ3n) is 2.19. The van der Waals surface area contributed by atoms with Crippen LogP contribution in [0.15, 0.2) is 29.4 Å². The van der Waals surface area contributed by atoms with Crippen LogP contribution in [0, 0.1) is 11.8 Å². The summed E-state index contributed by atoms with van der Waals surface area (Å²) in [6.45, 7) is 0.363. The number of aryl methyl sites for hydroxylation is 1. The summed E-state index contributed by atoms with van der Waals surface area (Å²) in [6.07, 6.45) is 1.14. The normalized spacial score (nSPS) is 8.89. The summed E-state index contributed by atoms with van der Waals surface area (Å²) in [5, 5.41) is 12.0. The van der Waals surface area contributed by atoms with Gasteiger partial charge in [0.1, 0.15) is 0 Å². The van der Waals surface area contributed by atoms with Gasteiger partial charge in [-0.15, -0.1) is 0 Å². The van der Waals surface area contributed by atoms with Crippen LogP contribution >= 0.6 is 0 Å². The Balaban J connectivity index is 2.58. The fourth-order valence-corrected chi connectivity index (χ4v) is 1.37.